The molecule has 23 heavy (non-hydrogen) atoms. The molecule has 1 amide bonds. The van der Waals surface area contributed by atoms with Crippen LogP contribution >= 0.6 is 15.9 Å². The lowest BCUT2D eigenvalue weighted by molar-refractivity contribution is -0.123. The molecule has 1 fully saturated rings. The van der Waals surface area contributed by atoms with Crippen LogP contribution in [0.5, 0.6) is 5.75 Å². The van der Waals surface area contributed by atoms with Gasteiger partial charge in [0.2, 0.25) is 0 Å². The molecule has 0 radical (unpaired) electrons. The van der Waals surface area contributed by atoms with E-state index in [1.165, 1.54) is 12.1 Å². The largest absolute Gasteiger partial charge is 0.481 e. The fourth-order valence-corrected chi connectivity index (χ4v) is 2.72. The maximum Gasteiger partial charge on any atom is 0.258 e. The van der Waals surface area contributed by atoms with Crippen molar-refractivity contribution < 1.29 is 18.7 Å². The number of hydrogen-bond acceptors (Lipinski definition) is 4. The molecule has 0 spiro atoms. The second-order valence-electron chi connectivity index (χ2n) is 6.05. The Morgan fingerprint density at radius 1 is 1.43 bits per heavy atom. The van der Waals surface area contributed by atoms with Gasteiger partial charge in [0.1, 0.15) is 0 Å². The summed E-state index contributed by atoms with van der Waals surface area (Å²) in [7, 11) is 0. The predicted octanol–water partition coefficient (Wildman–Crippen LogP) is 2.19. The van der Waals surface area contributed by atoms with Gasteiger partial charge in [0.25, 0.3) is 5.91 Å². The number of hydrogen-bond donors (Lipinski definition) is 1. The van der Waals surface area contributed by atoms with Crippen LogP contribution in [0.15, 0.2) is 22.7 Å². The summed E-state index contributed by atoms with van der Waals surface area (Å²) in [4.78, 5) is 14.2. The second-order valence-corrected chi connectivity index (χ2v) is 6.97. The van der Waals surface area contributed by atoms with E-state index in [9.17, 15) is 9.18 Å². The normalized spacial score (nSPS) is 16.2. The number of rotatable bonds is 6. The lowest BCUT2D eigenvalue weighted by Crippen LogP contribution is -2.55. The number of morpholine rings is 1. The van der Waals surface area contributed by atoms with E-state index in [-0.39, 0.29) is 23.8 Å². The molecule has 0 bridgehead atoms. The molecule has 0 aromatic heterocycles. The van der Waals surface area contributed by atoms with Crippen LogP contribution < -0.4 is 10.1 Å². The van der Waals surface area contributed by atoms with Crippen LogP contribution in [0.3, 0.4) is 0 Å². The summed E-state index contributed by atoms with van der Waals surface area (Å²) in [6, 6.07) is 4.46. The molecule has 0 saturated carbocycles. The zero-order valence-electron chi connectivity index (χ0n) is 13.4. The fourth-order valence-electron chi connectivity index (χ4n) is 2.38. The average Bonchev–Trinajstić information content (AvgIpc) is 2.53. The Hall–Kier alpha value is -1.18. The first kappa shape index (κ1) is 18.2. The SMILES string of the molecule is CC(C)(CNC(=O)COc1ccc(Br)cc1F)N1CCOCC1. The van der Waals surface area contributed by atoms with E-state index in [0.717, 1.165) is 13.1 Å². The molecule has 1 aliphatic rings. The third kappa shape index (κ3) is 5.44. The molecular weight excluding hydrogens is 367 g/mol. The number of halogens is 2. The van der Waals surface area contributed by atoms with E-state index in [1.807, 2.05) is 0 Å². The van der Waals surface area contributed by atoms with Gasteiger partial charge in [0, 0.05) is 29.6 Å². The maximum absolute atomic E-state index is 13.6. The standard InChI is InChI=1S/C16H22BrFN2O3/c1-16(2,20-5-7-22-8-6-20)11-19-15(21)10-23-14-4-3-12(17)9-13(14)18/h3-4,9H,5-8,10-11H2,1-2H3,(H,19,21). The molecule has 1 saturated heterocycles. The number of ether oxygens (including phenoxy) is 2. The topological polar surface area (TPSA) is 50.8 Å². The van der Waals surface area contributed by atoms with Gasteiger partial charge in [-0.05, 0) is 32.0 Å². The van der Waals surface area contributed by atoms with Crippen LogP contribution in [0.1, 0.15) is 13.8 Å². The van der Waals surface area contributed by atoms with Gasteiger partial charge in [0.15, 0.2) is 18.2 Å². The Balaban J connectivity index is 1.78. The first-order valence-electron chi connectivity index (χ1n) is 7.56. The number of benzene rings is 1. The number of nitrogens with one attached hydrogen (secondary N) is 1. The van der Waals surface area contributed by atoms with Crippen molar-refractivity contribution in [1.29, 1.82) is 0 Å². The third-order valence-corrected chi connectivity index (χ3v) is 4.33. The number of carbonyl (C=O) groups excluding carboxylic acids is 1. The van der Waals surface area contributed by atoms with Gasteiger partial charge in [-0.2, -0.15) is 0 Å². The lowest BCUT2D eigenvalue weighted by atomic mass is 10.0. The zero-order chi connectivity index (χ0) is 16.9. The molecule has 0 aliphatic carbocycles. The van der Waals surface area contributed by atoms with Crippen LogP contribution in [0, 0.1) is 5.82 Å². The van der Waals surface area contributed by atoms with Crippen molar-refractivity contribution >= 4 is 21.8 Å². The van der Waals surface area contributed by atoms with E-state index >= 15 is 0 Å². The Labute approximate surface area is 144 Å². The third-order valence-electron chi connectivity index (χ3n) is 3.84. The van der Waals surface area contributed by atoms with E-state index in [1.54, 1.807) is 6.07 Å². The van der Waals surface area contributed by atoms with E-state index in [4.69, 9.17) is 9.47 Å². The molecular formula is C16H22BrFN2O3. The second kappa shape index (κ2) is 8.08. The first-order valence-corrected chi connectivity index (χ1v) is 8.35. The summed E-state index contributed by atoms with van der Waals surface area (Å²) in [6.07, 6.45) is 0. The van der Waals surface area contributed by atoms with Crippen molar-refractivity contribution in [1.82, 2.24) is 10.2 Å². The smallest absolute Gasteiger partial charge is 0.258 e. The van der Waals surface area contributed by atoms with Gasteiger partial charge in [-0.15, -0.1) is 0 Å². The van der Waals surface area contributed by atoms with E-state index < -0.39 is 5.82 Å². The minimum atomic E-state index is -0.499. The van der Waals surface area contributed by atoms with Crippen LogP contribution in [-0.2, 0) is 9.53 Å². The van der Waals surface area contributed by atoms with Crippen molar-refractivity contribution in [2.45, 2.75) is 19.4 Å². The molecule has 1 aliphatic heterocycles. The Morgan fingerprint density at radius 2 is 2.13 bits per heavy atom. The van der Waals surface area contributed by atoms with Crippen molar-refractivity contribution in [2.24, 2.45) is 0 Å². The van der Waals surface area contributed by atoms with Gasteiger partial charge < -0.3 is 14.8 Å². The van der Waals surface area contributed by atoms with Gasteiger partial charge in [-0.25, -0.2) is 4.39 Å². The molecule has 2 rings (SSSR count). The average molecular weight is 389 g/mol. The number of carbonyl (C=O) groups is 1. The summed E-state index contributed by atoms with van der Waals surface area (Å²) >= 11 is 3.17. The van der Waals surface area contributed by atoms with Crippen molar-refractivity contribution in [3.05, 3.63) is 28.5 Å². The van der Waals surface area contributed by atoms with E-state index in [2.05, 4.69) is 40.0 Å². The van der Waals surface area contributed by atoms with Crippen LogP contribution in [0.2, 0.25) is 0 Å². The molecule has 1 N–H and O–H groups in total. The molecule has 5 nitrogen and oxygen atoms in total. The minimum absolute atomic E-state index is 0.0655. The van der Waals surface area contributed by atoms with Gasteiger partial charge in [0.05, 0.1) is 13.2 Å². The highest BCUT2D eigenvalue weighted by molar-refractivity contribution is 9.10. The lowest BCUT2D eigenvalue weighted by Gasteiger charge is -2.40. The number of nitrogens with zero attached hydrogens (tertiary/aromatic N) is 1. The van der Waals surface area contributed by atoms with Gasteiger partial charge in [-0.1, -0.05) is 15.9 Å². The fraction of sp³-hybridized carbons (Fsp3) is 0.562. The molecule has 128 valence electrons. The summed E-state index contributed by atoms with van der Waals surface area (Å²) in [5, 5.41) is 2.84. The van der Waals surface area contributed by atoms with Crippen molar-refractivity contribution in [2.75, 3.05) is 39.5 Å². The summed E-state index contributed by atoms with van der Waals surface area (Å²) in [5.41, 5.74) is -0.164. The quantitative estimate of drug-likeness (QED) is 0.811. The van der Waals surface area contributed by atoms with Crippen LogP contribution in [0.4, 0.5) is 4.39 Å². The molecule has 1 aromatic rings. The van der Waals surface area contributed by atoms with Crippen LogP contribution in [0.25, 0.3) is 0 Å². The number of amides is 1. The molecule has 7 heteroatoms. The highest BCUT2D eigenvalue weighted by atomic mass is 79.9. The molecule has 0 atom stereocenters. The Bertz CT molecular complexity index is 548. The maximum atomic E-state index is 13.6. The zero-order valence-corrected chi connectivity index (χ0v) is 15.0. The van der Waals surface area contributed by atoms with E-state index in [0.29, 0.717) is 24.2 Å². The highest BCUT2D eigenvalue weighted by Gasteiger charge is 2.28. The minimum Gasteiger partial charge on any atom is -0.481 e. The van der Waals surface area contributed by atoms with Crippen molar-refractivity contribution in [3.63, 3.8) is 0 Å². The molecule has 1 aromatic carbocycles. The summed E-state index contributed by atoms with van der Waals surface area (Å²) in [6.45, 7) is 7.57. The monoisotopic (exact) mass is 388 g/mol. The first-order chi connectivity index (χ1) is 10.9. The van der Waals surface area contributed by atoms with Crippen LogP contribution in [-0.4, -0.2) is 55.8 Å². The Kier molecular flexibility index (Phi) is 6.38. The highest BCUT2D eigenvalue weighted by Crippen LogP contribution is 2.21. The summed E-state index contributed by atoms with van der Waals surface area (Å²) < 4.78 is 24.8. The van der Waals surface area contributed by atoms with Gasteiger partial charge >= 0.3 is 0 Å². The molecule has 1 heterocycles. The predicted molar refractivity (Wildman–Crippen MR) is 89.1 cm³/mol. The summed E-state index contributed by atoms with van der Waals surface area (Å²) in [5.74, 6) is -0.703. The van der Waals surface area contributed by atoms with Crippen molar-refractivity contribution in [3.8, 4) is 5.75 Å². The van der Waals surface area contributed by atoms with Gasteiger partial charge in [-0.3, -0.25) is 9.69 Å². The Morgan fingerprint density at radius 3 is 2.78 bits per heavy atom. The molecule has 0 unspecified atom stereocenters.